The Labute approximate surface area is 141 Å². The lowest BCUT2D eigenvalue weighted by molar-refractivity contribution is -0.142. The van der Waals surface area contributed by atoms with Gasteiger partial charge in [0.2, 0.25) is 0 Å². The minimum Gasteiger partial charge on any atom is -0.466 e. The van der Waals surface area contributed by atoms with Crippen LogP contribution in [0.4, 0.5) is 0 Å². The van der Waals surface area contributed by atoms with Crippen molar-refractivity contribution >= 4 is 16.9 Å². The summed E-state index contributed by atoms with van der Waals surface area (Å²) in [4.78, 5) is 16.0. The molecule has 0 aliphatic rings. The Hall–Kier alpha value is -3.12. The molecule has 0 aliphatic heterocycles. The fourth-order valence-corrected chi connectivity index (χ4v) is 2.36. The van der Waals surface area contributed by atoms with Crippen molar-refractivity contribution in [1.29, 1.82) is 0 Å². The lowest BCUT2D eigenvalue weighted by Crippen LogP contribution is -2.07. The number of para-hydroxylation sites is 1. The van der Waals surface area contributed by atoms with E-state index in [2.05, 4.69) is 16.8 Å². The van der Waals surface area contributed by atoms with Crippen LogP contribution in [0.1, 0.15) is 23.7 Å². The lowest BCUT2D eigenvalue weighted by Gasteiger charge is -2.01. The molecule has 0 atom stereocenters. The van der Waals surface area contributed by atoms with Gasteiger partial charge in [-0.25, -0.2) is 4.98 Å². The topological polar surface area (TPSA) is 39.2 Å². The second-order valence-electron chi connectivity index (χ2n) is 5.32. The molecule has 0 amide bonds. The summed E-state index contributed by atoms with van der Waals surface area (Å²) in [6, 6.07) is 19.5. The maximum Gasteiger partial charge on any atom is 0.310 e. The highest BCUT2D eigenvalue weighted by molar-refractivity contribution is 5.78. The SMILES string of the molecule is CCOC(=O)Cc1ccc(C#Cc2ccc3ccccc3n2)cc1. The number of nitrogens with zero attached hydrogens (tertiary/aromatic N) is 1. The van der Waals surface area contributed by atoms with Crippen molar-refractivity contribution in [3.8, 4) is 11.8 Å². The van der Waals surface area contributed by atoms with E-state index in [1.807, 2.05) is 60.7 Å². The first-order chi connectivity index (χ1) is 11.7. The molecule has 118 valence electrons. The number of aromatic nitrogens is 1. The third-order valence-electron chi connectivity index (χ3n) is 3.54. The van der Waals surface area contributed by atoms with E-state index in [0.717, 1.165) is 27.7 Å². The molecule has 0 spiro atoms. The number of ether oxygens (including phenoxy) is 1. The van der Waals surface area contributed by atoms with E-state index in [0.29, 0.717) is 6.61 Å². The summed E-state index contributed by atoms with van der Waals surface area (Å²) in [6.07, 6.45) is 0.285. The molecule has 0 bridgehead atoms. The van der Waals surface area contributed by atoms with Gasteiger partial charge in [0.25, 0.3) is 0 Å². The van der Waals surface area contributed by atoms with Crippen molar-refractivity contribution < 1.29 is 9.53 Å². The van der Waals surface area contributed by atoms with E-state index < -0.39 is 0 Å². The second kappa shape index (κ2) is 7.43. The van der Waals surface area contributed by atoms with Crippen LogP contribution in [0.25, 0.3) is 10.9 Å². The Morgan fingerprint density at radius 2 is 1.79 bits per heavy atom. The van der Waals surface area contributed by atoms with E-state index in [-0.39, 0.29) is 12.4 Å². The molecule has 3 aromatic rings. The summed E-state index contributed by atoms with van der Waals surface area (Å²) in [7, 11) is 0. The maximum absolute atomic E-state index is 11.5. The number of esters is 1. The highest BCUT2D eigenvalue weighted by Crippen LogP contribution is 2.11. The van der Waals surface area contributed by atoms with Gasteiger partial charge < -0.3 is 4.74 Å². The molecule has 3 rings (SSSR count). The van der Waals surface area contributed by atoms with Crippen molar-refractivity contribution in [3.63, 3.8) is 0 Å². The van der Waals surface area contributed by atoms with Crippen LogP contribution in [0.5, 0.6) is 0 Å². The molecule has 3 heteroatoms. The number of hydrogen-bond donors (Lipinski definition) is 0. The van der Waals surface area contributed by atoms with E-state index in [4.69, 9.17) is 4.74 Å². The maximum atomic E-state index is 11.5. The molecule has 0 saturated heterocycles. The average molecular weight is 315 g/mol. The molecular weight excluding hydrogens is 298 g/mol. The number of hydrogen-bond acceptors (Lipinski definition) is 3. The minimum atomic E-state index is -0.211. The molecule has 0 aliphatic carbocycles. The largest absolute Gasteiger partial charge is 0.466 e. The van der Waals surface area contributed by atoms with Crippen LogP contribution in [0, 0.1) is 11.8 Å². The predicted molar refractivity (Wildman–Crippen MR) is 94.5 cm³/mol. The van der Waals surface area contributed by atoms with Crippen LogP contribution < -0.4 is 0 Å². The molecule has 0 unspecified atom stereocenters. The molecule has 0 radical (unpaired) electrons. The highest BCUT2D eigenvalue weighted by atomic mass is 16.5. The zero-order chi connectivity index (χ0) is 16.8. The number of rotatable bonds is 3. The lowest BCUT2D eigenvalue weighted by atomic mass is 10.1. The fourth-order valence-electron chi connectivity index (χ4n) is 2.36. The van der Waals surface area contributed by atoms with Gasteiger partial charge in [0.15, 0.2) is 0 Å². The summed E-state index contributed by atoms with van der Waals surface area (Å²) in [5.74, 6) is 5.97. The third-order valence-corrected chi connectivity index (χ3v) is 3.54. The van der Waals surface area contributed by atoms with Crippen molar-refractivity contribution in [1.82, 2.24) is 4.98 Å². The van der Waals surface area contributed by atoms with E-state index in [1.54, 1.807) is 6.92 Å². The number of carbonyl (C=O) groups excluding carboxylic acids is 1. The van der Waals surface area contributed by atoms with Crippen molar-refractivity contribution in [2.45, 2.75) is 13.3 Å². The zero-order valence-corrected chi connectivity index (χ0v) is 13.5. The van der Waals surface area contributed by atoms with Crippen molar-refractivity contribution in [3.05, 3.63) is 77.5 Å². The minimum absolute atomic E-state index is 0.211. The Bertz CT molecular complexity index is 918. The summed E-state index contributed by atoms with van der Waals surface area (Å²) >= 11 is 0. The van der Waals surface area contributed by atoms with Gasteiger partial charge in [-0.2, -0.15) is 0 Å². The standard InChI is InChI=1S/C21H17NO2/c1-2-24-21(23)15-17-9-7-16(8-10-17)11-13-19-14-12-18-5-3-4-6-20(18)22-19/h3-10,12,14H,2,15H2,1H3. The van der Waals surface area contributed by atoms with Crippen LogP contribution >= 0.6 is 0 Å². The molecule has 1 heterocycles. The monoisotopic (exact) mass is 315 g/mol. The molecule has 24 heavy (non-hydrogen) atoms. The summed E-state index contributed by atoms with van der Waals surface area (Å²) in [5, 5.41) is 1.10. The van der Waals surface area contributed by atoms with Gasteiger partial charge in [0.1, 0.15) is 5.69 Å². The Morgan fingerprint density at radius 1 is 1.00 bits per heavy atom. The van der Waals surface area contributed by atoms with Gasteiger partial charge in [0.05, 0.1) is 18.5 Å². The number of benzene rings is 2. The van der Waals surface area contributed by atoms with E-state index in [1.165, 1.54) is 0 Å². The van der Waals surface area contributed by atoms with Crippen molar-refractivity contribution in [2.24, 2.45) is 0 Å². The molecular formula is C21H17NO2. The third kappa shape index (κ3) is 3.99. The van der Waals surface area contributed by atoms with Gasteiger partial charge in [-0.3, -0.25) is 4.79 Å². The van der Waals surface area contributed by atoms with Crippen LogP contribution in [0.2, 0.25) is 0 Å². The first-order valence-electron chi connectivity index (χ1n) is 7.87. The van der Waals surface area contributed by atoms with Crippen LogP contribution in [0.3, 0.4) is 0 Å². The van der Waals surface area contributed by atoms with Gasteiger partial charge in [0, 0.05) is 10.9 Å². The van der Waals surface area contributed by atoms with Crippen LogP contribution in [0.15, 0.2) is 60.7 Å². The Morgan fingerprint density at radius 3 is 2.58 bits per heavy atom. The predicted octanol–water partition coefficient (Wildman–Crippen LogP) is 3.74. The normalized spacial score (nSPS) is 10.0. The summed E-state index contributed by atoms with van der Waals surface area (Å²) in [5.41, 5.74) is 3.48. The van der Waals surface area contributed by atoms with Gasteiger partial charge in [-0.05, 0) is 42.7 Å². The summed E-state index contributed by atoms with van der Waals surface area (Å²) in [6.45, 7) is 2.21. The number of carbonyl (C=O) groups is 1. The van der Waals surface area contributed by atoms with E-state index in [9.17, 15) is 4.79 Å². The highest BCUT2D eigenvalue weighted by Gasteiger charge is 2.03. The fraction of sp³-hybridized carbons (Fsp3) is 0.143. The van der Waals surface area contributed by atoms with E-state index >= 15 is 0 Å². The first-order valence-corrected chi connectivity index (χ1v) is 7.87. The quantitative estimate of drug-likeness (QED) is 0.546. The average Bonchev–Trinajstić information content (AvgIpc) is 2.61. The molecule has 3 nitrogen and oxygen atoms in total. The van der Waals surface area contributed by atoms with Crippen LogP contribution in [-0.4, -0.2) is 17.6 Å². The zero-order valence-electron chi connectivity index (χ0n) is 13.5. The summed E-state index contributed by atoms with van der Waals surface area (Å²) < 4.78 is 4.94. The first kappa shape index (κ1) is 15.8. The Balaban J connectivity index is 1.73. The molecule has 0 saturated carbocycles. The van der Waals surface area contributed by atoms with Gasteiger partial charge >= 0.3 is 5.97 Å². The van der Waals surface area contributed by atoms with Gasteiger partial charge in [-0.1, -0.05) is 42.3 Å². The molecule has 0 fully saturated rings. The van der Waals surface area contributed by atoms with Crippen molar-refractivity contribution in [2.75, 3.05) is 6.61 Å². The molecule has 2 aromatic carbocycles. The number of fused-ring (bicyclic) bond motifs is 1. The Kier molecular flexibility index (Phi) is 4.88. The van der Waals surface area contributed by atoms with Gasteiger partial charge in [-0.15, -0.1) is 0 Å². The number of pyridine rings is 1. The second-order valence-corrected chi connectivity index (χ2v) is 5.32. The molecule has 1 aromatic heterocycles. The molecule has 0 N–H and O–H groups in total. The van der Waals surface area contributed by atoms with Crippen LogP contribution in [-0.2, 0) is 16.0 Å². The smallest absolute Gasteiger partial charge is 0.310 e.